The van der Waals surface area contributed by atoms with Gasteiger partial charge in [0.1, 0.15) is 12.0 Å². The van der Waals surface area contributed by atoms with Crippen LogP contribution >= 0.6 is 0 Å². The number of nitrogens with two attached hydrogens (primary N) is 1. The Hall–Kier alpha value is -2.49. The Morgan fingerprint density at radius 2 is 1.94 bits per heavy atom. The third kappa shape index (κ3) is 1.80. The average Bonchev–Trinajstić information content (AvgIpc) is 3.00. The summed E-state index contributed by atoms with van der Waals surface area (Å²) in [6.07, 6.45) is 5.10. The van der Waals surface area contributed by atoms with E-state index in [0.29, 0.717) is 5.89 Å². The average molecular weight is 225 g/mol. The quantitative estimate of drug-likeness (QED) is 0.659. The fraction of sp³-hybridized carbons (Fsp3) is 0. The van der Waals surface area contributed by atoms with Gasteiger partial charge >= 0.3 is 0 Å². The summed E-state index contributed by atoms with van der Waals surface area (Å²) in [5, 5.41) is 0. The molecule has 4 nitrogen and oxygen atoms in total. The van der Waals surface area contributed by atoms with E-state index in [2.05, 4.69) is 9.97 Å². The summed E-state index contributed by atoms with van der Waals surface area (Å²) in [5.41, 5.74) is 9.46. The maximum atomic E-state index is 5.65. The summed E-state index contributed by atoms with van der Waals surface area (Å²) in [5.74, 6) is 0.590. The zero-order valence-corrected chi connectivity index (χ0v) is 9.05. The first kappa shape index (κ1) is 9.72. The minimum absolute atomic E-state index is 0.590. The highest BCUT2D eigenvalue weighted by Crippen LogP contribution is 2.25. The van der Waals surface area contributed by atoms with Crippen molar-refractivity contribution in [3.8, 4) is 22.7 Å². The Bertz CT molecular complexity index is 608. The molecule has 0 aliphatic carbocycles. The molecule has 0 amide bonds. The smallest absolute Gasteiger partial charge is 0.242 e. The Morgan fingerprint density at radius 3 is 2.65 bits per heavy atom. The number of H-pyrrole nitrogens is 1. The van der Waals surface area contributed by atoms with E-state index in [9.17, 15) is 0 Å². The lowest BCUT2D eigenvalue weighted by atomic mass is 10.1. The number of hydrogen-bond acceptors (Lipinski definition) is 3. The number of nitrogens with one attached hydrogen (secondary N) is 1. The highest BCUT2D eigenvalue weighted by molar-refractivity contribution is 5.69. The van der Waals surface area contributed by atoms with E-state index in [4.69, 9.17) is 10.2 Å². The molecule has 3 rings (SSSR count). The van der Waals surface area contributed by atoms with Gasteiger partial charge in [-0.05, 0) is 29.3 Å². The van der Waals surface area contributed by atoms with Crippen molar-refractivity contribution in [2.75, 3.05) is 5.73 Å². The largest absolute Gasteiger partial charge is 0.443 e. The monoisotopic (exact) mass is 225 g/mol. The molecule has 1 aromatic carbocycles. The van der Waals surface area contributed by atoms with Crippen molar-refractivity contribution in [2.24, 2.45) is 0 Å². The van der Waals surface area contributed by atoms with Gasteiger partial charge in [0, 0.05) is 11.9 Å². The number of anilines is 1. The summed E-state index contributed by atoms with van der Waals surface area (Å²) >= 11 is 0. The minimum atomic E-state index is 0.590. The normalized spacial score (nSPS) is 10.6. The van der Waals surface area contributed by atoms with Crippen molar-refractivity contribution < 1.29 is 4.42 Å². The SMILES string of the molecule is Nc1ccc(-c2c[nH]c(-c3ncco3)c2)cc1. The van der Waals surface area contributed by atoms with Crippen molar-refractivity contribution in [1.82, 2.24) is 9.97 Å². The van der Waals surface area contributed by atoms with Crippen LogP contribution in [0.3, 0.4) is 0 Å². The third-order valence-electron chi connectivity index (χ3n) is 2.59. The molecule has 3 N–H and O–H groups in total. The first-order valence-electron chi connectivity index (χ1n) is 5.27. The van der Waals surface area contributed by atoms with Crippen LogP contribution < -0.4 is 5.73 Å². The Morgan fingerprint density at radius 1 is 1.12 bits per heavy atom. The lowest BCUT2D eigenvalue weighted by Crippen LogP contribution is -1.82. The van der Waals surface area contributed by atoms with Gasteiger partial charge in [-0.1, -0.05) is 12.1 Å². The molecule has 0 unspecified atom stereocenters. The molecule has 0 aliphatic heterocycles. The minimum Gasteiger partial charge on any atom is -0.443 e. The first-order chi connectivity index (χ1) is 8.33. The van der Waals surface area contributed by atoms with Gasteiger partial charge < -0.3 is 15.1 Å². The molecule has 0 radical (unpaired) electrons. The molecule has 0 spiro atoms. The lowest BCUT2D eigenvalue weighted by molar-refractivity contribution is 0.572. The number of nitrogens with zero attached hydrogens (tertiary/aromatic N) is 1. The molecule has 4 heteroatoms. The number of hydrogen-bond donors (Lipinski definition) is 2. The van der Waals surface area contributed by atoms with Crippen LogP contribution in [0.1, 0.15) is 0 Å². The van der Waals surface area contributed by atoms with Gasteiger partial charge in [-0.2, -0.15) is 0 Å². The third-order valence-corrected chi connectivity index (χ3v) is 2.59. The molecule has 0 fully saturated rings. The second kappa shape index (κ2) is 3.83. The number of benzene rings is 1. The number of nitrogen functional groups attached to an aromatic ring is 1. The topological polar surface area (TPSA) is 67.8 Å². The van der Waals surface area contributed by atoms with E-state index in [1.54, 1.807) is 12.5 Å². The Kier molecular flexibility index (Phi) is 2.19. The molecular formula is C13H11N3O. The van der Waals surface area contributed by atoms with Crippen LogP contribution in [0.25, 0.3) is 22.7 Å². The predicted molar refractivity (Wildman–Crippen MR) is 66.1 cm³/mol. The van der Waals surface area contributed by atoms with Gasteiger partial charge in [0.05, 0.1) is 6.20 Å². The molecule has 0 bridgehead atoms. The van der Waals surface area contributed by atoms with Crippen LogP contribution in [0.5, 0.6) is 0 Å². The summed E-state index contributed by atoms with van der Waals surface area (Å²) < 4.78 is 5.23. The molecular weight excluding hydrogens is 214 g/mol. The van der Waals surface area contributed by atoms with Crippen LogP contribution in [0.15, 0.2) is 53.4 Å². The summed E-state index contributed by atoms with van der Waals surface area (Å²) in [7, 11) is 0. The summed E-state index contributed by atoms with van der Waals surface area (Å²) in [6, 6.07) is 9.73. The Labute approximate surface area is 98.1 Å². The molecule has 84 valence electrons. The van der Waals surface area contributed by atoms with Crippen LogP contribution in [0, 0.1) is 0 Å². The lowest BCUT2D eigenvalue weighted by Gasteiger charge is -1.97. The molecule has 0 saturated heterocycles. The molecule has 2 aromatic heterocycles. The van der Waals surface area contributed by atoms with Crippen molar-refractivity contribution in [1.29, 1.82) is 0 Å². The van der Waals surface area contributed by atoms with E-state index in [0.717, 1.165) is 22.5 Å². The maximum absolute atomic E-state index is 5.65. The molecule has 0 saturated carbocycles. The van der Waals surface area contributed by atoms with E-state index in [1.807, 2.05) is 36.5 Å². The second-order valence-corrected chi connectivity index (χ2v) is 3.76. The predicted octanol–water partition coefficient (Wildman–Crippen LogP) is 2.92. The van der Waals surface area contributed by atoms with Crippen molar-refractivity contribution in [2.45, 2.75) is 0 Å². The van der Waals surface area contributed by atoms with E-state index >= 15 is 0 Å². The van der Waals surface area contributed by atoms with Gasteiger partial charge in [-0.25, -0.2) is 4.98 Å². The number of oxazole rings is 1. The molecule has 0 aliphatic rings. The van der Waals surface area contributed by atoms with Crippen LogP contribution in [0.4, 0.5) is 5.69 Å². The van der Waals surface area contributed by atoms with Crippen molar-refractivity contribution >= 4 is 5.69 Å². The highest BCUT2D eigenvalue weighted by atomic mass is 16.3. The van der Waals surface area contributed by atoms with E-state index < -0.39 is 0 Å². The van der Waals surface area contributed by atoms with Crippen LogP contribution in [-0.2, 0) is 0 Å². The Balaban J connectivity index is 1.98. The molecule has 17 heavy (non-hydrogen) atoms. The fourth-order valence-corrected chi connectivity index (χ4v) is 1.72. The van der Waals surface area contributed by atoms with Gasteiger partial charge in [0.25, 0.3) is 0 Å². The van der Waals surface area contributed by atoms with E-state index in [1.165, 1.54) is 0 Å². The standard InChI is InChI=1S/C13H11N3O/c14-11-3-1-9(2-4-11)10-7-12(16-8-10)13-15-5-6-17-13/h1-8,16H,14H2. The summed E-state index contributed by atoms with van der Waals surface area (Å²) in [6.45, 7) is 0. The maximum Gasteiger partial charge on any atom is 0.242 e. The first-order valence-corrected chi connectivity index (χ1v) is 5.27. The highest BCUT2D eigenvalue weighted by Gasteiger charge is 2.06. The molecule has 2 heterocycles. The fourth-order valence-electron chi connectivity index (χ4n) is 1.72. The van der Waals surface area contributed by atoms with Crippen LogP contribution in [0.2, 0.25) is 0 Å². The number of aromatic nitrogens is 2. The van der Waals surface area contributed by atoms with Gasteiger partial charge in [-0.15, -0.1) is 0 Å². The zero-order chi connectivity index (χ0) is 11.7. The number of rotatable bonds is 2. The van der Waals surface area contributed by atoms with Crippen molar-refractivity contribution in [3.63, 3.8) is 0 Å². The molecule has 0 atom stereocenters. The van der Waals surface area contributed by atoms with Gasteiger partial charge in [0.15, 0.2) is 0 Å². The summed E-state index contributed by atoms with van der Waals surface area (Å²) in [4.78, 5) is 7.22. The van der Waals surface area contributed by atoms with E-state index in [-0.39, 0.29) is 0 Å². The molecule has 3 aromatic rings. The van der Waals surface area contributed by atoms with Crippen LogP contribution in [-0.4, -0.2) is 9.97 Å². The number of aromatic amines is 1. The van der Waals surface area contributed by atoms with Gasteiger partial charge in [0.2, 0.25) is 5.89 Å². The second-order valence-electron chi connectivity index (χ2n) is 3.76. The van der Waals surface area contributed by atoms with Gasteiger partial charge in [-0.3, -0.25) is 0 Å². The zero-order valence-electron chi connectivity index (χ0n) is 9.05. The van der Waals surface area contributed by atoms with Crippen molar-refractivity contribution in [3.05, 3.63) is 49.0 Å².